The van der Waals surface area contributed by atoms with E-state index in [1.54, 1.807) is 38.4 Å². The Morgan fingerprint density at radius 2 is 2.04 bits per heavy atom. The first-order valence-corrected chi connectivity index (χ1v) is 7.23. The summed E-state index contributed by atoms with van der Waals surface area (Å²) in [6.45, 7) is 0.395. The van der Waals surface area contributed by atoms with E-state index in [-0.39, 0.29) is 11.5 Å². The molecular formula is C17H15ClFN3O. The molecule has 2 rings (SSSR count). The van der Waals surface area contributed by atoms with Crippen molar-refractivity contribution in [2.24, 2.45) is 0 Å². The maximum atomic E-state index is 13.3. The maximum absolute atomic E-state index is 13.3. The highest BCUT2D eigenvalue weighted by molar-refractivity contribution is 6.34. The fourth-order valence-electron chi connectivity index (χ4n) is 2.01. The van der Waals surface area contributed by atoms with E-state index in [0.717, 1.165) is 5.56 Å². The molecule has 0 aliphatic heterocycles. The van der Waals surface area contributed by atoms with E-state index in [0.29, 0.717) is 22.8 Å². The Hall–Kier alpha value is -2.58. The summed E-state index contributed by atoms with van der Waals surface area (Å²) in [6, 6.07) is 11.2. The monoisotopic (exact) mass is 331 g/mol. The summed E-state index contributed by atoms with van der Waals surface area (Å²) in [5, 5.41) is 12.4. The molecule has 118 valence electrons. The van der Waals surface area contributed by atoms with Crippen LogP contribution in [0.15, 0.2) is 36.4 Å². The molecule has 0 unspecified atom stereocenters. The van der Waals surface area contributed by atoms with E-state index in [4.69, 9.17) is 16.9 Å². The van der Waals surface area contributed by atoms with Gasteiger partial charge in [-0.3, -0.25) is 4.79 Å². The molecule has 4 nitrogen and oxygen atoms in total. The number of hydrogen-bond acceptors (Lipinski definition) is 3. The third-order valence-electron chi connectivity index (χ3n) is 3.25. The van der Waals surface area contributed by atoms with Gasteiger partial charge in [-0.05, 0) is 35.9 Å². The number of rotatable bonds is 4. The standard InChI is InChI=1S/C17H15ClFN3O/c1-22(2)17(23)14-8-13(4-5-15(14)18)21-10-11-3-6-16(19)12(7-11)9-20/h3-8,21H,10H2,1-2H3. The summed E-state index contributed by atoms with van der Waals surface area (Å²) in [5.41, 5.74) is 1.88. The Bertz CT molecular complexity index is 784. The van der Waals surface area contributed by atoms with Crippen LogP contribution in [0.3, 0.4) is 0 Å². The zero-order valence-electron chi connectivity index (χ0n) is 12.7. The lowest BCUT2D eigenvalue weighted by molar-refractivity contribution is 0.0828. The Morgan fingerprint density at radius 3 is 2.70 bits per heavy atom. The van der Waals surface area contributed by atoms with Crippen LogP contribution in [0.1, 0.15) is 21.5 Å². The number of nitrogens with zero attached hydrogens (tertiary/aromatic N) is 2. The molecule has 2 aromatic carbocycles. The number of nitrogens with one attached hydrogen (secondary N) is 1. The largest absolute Gasteiger partial charge is 0.381 e. The van der Waals surface area contributed by atoms with Crippen LogP contribution in [0.4, 0.5) is 10.1 Å². The van der Waals surface area contributed by atoms with E-state index >= 15 is 0 Å². The molecule has 0 aliphatic rings. The highest BCUT2D eigenvalue weighted by atomic mass is 35.5. The molecule has 0 saturated carbocycles. The Kier molecular flexibility index (Phi) is 5.20. The van der Waals surface area contributed by atoms with Gasteiger partial charge in [-0.15, -0.1) is 0 Å². The van der Waals surface area contributed by atoms with E-state index in [9.17, 15) is 9.18 Å². The molecule has 0 atom stereocenters. The van der Waals surface area contributed by atoms with Crippen LogP contribution in [-0.2, 0) is 6.54 Å². The molecule has 0 fully saturated rings. The second-order valence-electron chi connectivity index (χ2n) is 5.17. The first kappa shape index (κ1) is 16.8. The minimum atomic E-state index is -0.540. The second kappa shape index (κ2) is 7.12. The number of carbonyl (C=O) groups is 1. The van der Waals surface area contributed by atoms with E-state index in [2.05, 4.69) is 5.32 Å². The minimum absolute atomic E-state index is 0.00359. The molecule has 2 aromatic rings. The Morgan fingerprint density at radius 1 is 1.30 bits per heavy atom. The quantitative estimate of drug-likeness (QED) is 0.930. The number of amides is 1. The van der Waals surface area contributed by atoms with Crippen LogP contribution in [0.5, 0.6) is 0 Å². The smallest absolute Gasteiger partial charge is 0.254 e. The van der Waals surface area contributed by atoms with Crippen LogP contribution < -0.4 is 5.32 Å². The molecule has 0 radical (unpaired) electrons. The van der Waals surface area contributed by atoms with Gasteiger partial charge >= 0.3 is 0 Å². The number of benzene rings is 2. The van der Waals surface area contributed by atoms with Crippen molar-refractivity contribution in [3.63, 3.8) is 0 Å². The fraction of sp³-hybridized carbons (Fsp3) is 0.176. The van der Waals surface area contributed by atoms with Gasteiger partial charge in [-0.1, -0.05) is 17.7 Å². The lowest BCUT2D eigenvalue weighted by Gasteiger charge is -2.14. The third-order valence-corrected chi connectivity index (χ3v) is 3.58. The van der Waals surface area contributed by atoms with Gasteiger partial charge in [0.25, 0.3) is 5.91 Å². The van der Waals surface area contributed by atoms with Gasteiger partial charge in [-0.2, -0.15) is 5.26 Å². The summed E-state index contributed by atoms with van der Waals surface area (Å²) in [4.78, 5) is 13.5. The molecule has 0 bridgehead atoms. The number of carbonyl (C=O) groups excluding carboxylic acids is 1. The average molecular weight is 332 g/mol. The Balaban J connectivity index is 2.17. The molecule has 1 amide bonds. The third kappa shape index (κ3) is 3.99. The van der Waals surface area contributed by atoms with Gasteiger partial charge in [0.15, 0.2) is 0 Å². The number of anilines is 1. The zero-order valence-corrected chi connectivity index (χ0v) is 13.5. The van der Waals surface area contributed by atoms with Gasteiger partial charge in [0, 0.05) is 26.3 Å². The van der Waals surface area contributed by atoms with Crippen molar-refractivity contribution in [1.29, 1.82) is 5.26 Å². The van der Waals surface area contributed by atoms with Crippen molar-refractivity contribution >= 4 is 23.2 Å². The van der Waals surface area contributed by atoms with Gasteiger partial charge in [0.2, 0.25) is 0 Å². The number of nitriles is 1. The lowest BCUT2D eigenvalue weighted by atomic mass is 10.1. The van der Waals surface area contributed by atoms with Gasteiger partial charge in [0.05, 0.1) is 16.1 Å². The summed E-state index contributed by atoms with van der Waals surface area (Å²) in [6.07, 6.45) is 0. The van der Waals surface area contributed by atoms with Crippen molar-refractivity contribution in [3.05, 3.63) is 63.9 Å². The molecule has 6 heteroatoms. The maximum Gasteiger partial charge on any atom is 0.254 e. The summed E-state index contributed by atoms with van der Waals surface area (Å²) >= 11 is 6.06. The molecule has 1 N–H and O–H groups in total. The van der Waals surface area contributed by atoms with Gasteiger partial charge in [-0.25, -0.2) is 4.39 Å². The fourth-order valence-corrected chi connectivity index (χ4v) is 2.21. The molecular weight excluding hydrogens is 317 g/mol. The van der Waals surface area contributed by atoms with Crippen LogP contribution in [-0.4, -0.2) is 24.9 Å². The average Bonchev–Trinajstić information content (AvgIpc) is 2.54. The van der Waals surface area contributed by atoms with Crippen LogP contribution in [0.25, 0.3) is 0 Å². The van der Waals surface area contributed by atoms with E-state index in [1.807, 2.05) is 6.07 Å². The minimum Gasteiger partial charge on any atom is -0.381 e. The zero-order chi connectivity index (χ0) is 17.0. The van der Waals surface area contributed by atoms with Crippen molar-refractivity contribution in [2.75, 3.05) is 19.4 Å². The molecule has 0 saturated heterocycles. The first-order valence-electron chi connectivity index (χ1n) is 6.86. The molecule has 0 heterocycles. The molecule has 23 heavy (non-hydrogen) atoms. The molecule has 0 aromatic heterocycles. The summed E-state index contributed by atoms with van der Waals surface area (Å²) in [5.74, 6) is -0.728. The summed E-state index contributed by atoms with van der Waals surface area (Å²) in [7, 11) is 3.31. The van der Waals surface area contributed by atoms with Gasteiger partial charge in [0.1, 0.15) is 11.9 Å². The highest BCUT2D eigenvalue weighted by Gasteiger charge is 2.13. The van der Waals surface area contributed by atoms with Crippen molar-refractivity contribution in [2.45, 2.75) is 6.54 Å². The summed E-state index contributed by atoms with van der Waals surface area (Å²) < 4.78 is 13.3. The first-order chi connectivity index (χ1) is 10.9. The lowest BCUT2D eigenvalue weighted by Crippen LogP contribution is -2.22. The predicted octanol–water partition coefficient (Wildman–Crippen LogP) is 3.66. The van der Waals surface area contributed by atoms with Crippen molar-refractivity contribution in [3.8, 4) is 6.07 Å². The van der Waals surface area contributed by atoms with Crippen LogP contribution in [0, 0.1) is 17.1 Å². The topological polar surface area (TPSA) is 56.1 Å². The second-order valence-corrected chi connectivity index (χ2v) is 5.58. The number of hydrogen-bond donors (Lipinski definition) is 1. The van der Waals surface area contributed by atoms with Crippen molar-refractivity contribution < 1.29 is 9.18 Å². The van der Waals surface area contributed by atoms with Crippen LogP contribution >= 0.6 is 11.6 Å². The molecule has 0 spiro atoms. The highest BCUT2D eigenvalue weighted by Crippen LogP contribution is 2.22. The van der Waals surface area contributed by atoms with E-state index in [1.165, 1.54) is 17.0 Å². The molecule has 0 aliphatic carbocycles. The normalized spacial score (nSPS) is 10.0. The predicted molar refractivity (Wildman–Crippen MR) is 87.9 cm³/mol. The van der Waals surface area contributed by atoms with E-state index < -0.39 is 5.82 Å². The van der Waals surface area contributed by atoms with Crippen LogP contribution in [0.2, 0.25) is 5.02 Å². The Labute approximate surface area is 139 Å². The SMILES string of the molecule is CN(C)C(=O)c1cc(NCc2ccc(F)c(C#N)c2)ccc1Cl. The van der Waals surface area contributed by atoms with Gasteiger partial charge < -0.3 is 10.2 Å². The number of halogens is 2. The van der Waals surface area contributed by atoms with Crippen molar-refractivity contribution in [1.82, 2.24) is 4.90 Å².